The van der Waals surface area contributed by atoms with E-state index in [1.54, 1.807) is 9.80 Å². The van der Waals surface area contributed by atoms with Crippen LogP contribution in [0.5, 0.6) is 0 Å². The van der Waals surface area contributed by atoms with Gasteiger partial charge in [0.15, 0.2) is 0 Å². The van der Waals surface area contributed by atoms with Crippen molar-refractivity contribution in [1.82, 2.24) is 14.7 Å². The summed E-state index contributed by atoms with van der Waals surface area (Å²) < 4.78 is 0. The summed E-state index contributed by atoms with van der Waals surface area (Å²) in [7, 11) is 0. The molecule has 25 heavy (non-hydrogen) atoms. The van der Waals surface area contributed by atoms with Gasteiger partial charge in [-0.3, -0.25) is 14.6 Å². The van der Waals surface area contributed by atoms with Crippen LogP contribution in [0, 0.1) is 6.92 Å². The SMILES string of the molecule is Cc1ccccc1CN1CCC(N2C(=O)N3CCC[C@]3(C)C2=O)CC1. The Hall–Kier alpha value is -1.88. The van der Waals surface area contributed by atoms with Gasteiger partial charge in [-0.15, -0.1) is 0 Å². The number of carbonyl (C=O) groups excluding carboxylic acids is 2. The van der Waals surface area contributed by atoms with E-state index >= 15 is 0 Å². The molecule has 134 valence electrons. The van der Waals surface area contributed by atoms with Crippen LogP contribution in [0.1, 0.15) is 43.7 Å². The molecule has 1 aromatic rings. The number of hydrogen-bond acceptors (Lipinski definition) is 3. The molecule has 3 amide bonds. The number of aryl methyl sites for hydroxylation is 1. The monoisotopic (exact) mass is 341 g/mol. The largest absolute Gasteiger partial charge is 0.327 e. The number of likely N-dealkylation sites (tertiary alicyclic amines) is 1. The summed E-state index contributed by atoms with van der Waals surface area (Å²) in [5.41, 5.74) is 2.11. The Kier molecular flexibility index (Phi) is 4.07. The highest BCUT2D eigenvalue weighted by atomic mass is 16.2. The van der Waals surface area contributed by atoms with Crippen molar-refractivity contribution in [2.45, 2.75) is 57.7 Å². The Morgan fingerprint density at radius 2 is 1.84 bits per heavy atom. The van der Waals surface area contributed by atoms with Crippen LogP contribution in [0.15, 0.2) is 24.3 Å². The Labute approximate surface area is 149 Å². The third-order valence-corrected chi connectivity index (χ3v) is 6.34. The summed E-state index contributed by atoms with van der Waals surface area (Å²) in [6, 6.07) is 8.51. The zero-order valence-corrected chi connectivity index (χ0v) is 15.2. The first-order valence-corrected chi connectivity index (χ1v) is 9.43. The fraction of sp³-hybridized carbons (Fsp3) is 0.600. The fourth-order valence-electron chi connectivity index (χ4n) is 4.65. The highest BCUT2D eigenvalue weighted by Gasteiger charge is 2.57. The molecule has 5 nitrogen and oxygen atoms in total. The van der Waals surface area contributed by atoms with E-state index in [4.69, 9.17) is 0 Å². The van der Waals surface area contributed by atoms with Crippen LogP contribution in [-0.4, -0.2) is 57.9 Å². The van der Waals surface area contributed by atoms with Gasteiger partial charge in [-0.25, -0.2) is 4.79 Å². The van der Waals surface area contributed by atoms with Crippen LogP contribution in [0.2, 0.25) is 0 Å². The number of urea groups is 1. The average Bonchev–Trinajstić information content (AvgIpc) is 3.08. The minimum Gasteiger partial charge on any atom is -0.310 e. The maximum absolute atomic E-state index is 12.9. The van der Waals surface area contributed by atoms with E-state index in [0.717, 1.165) is 51.9 Å². The number of nitrogens with zero attached hydrogens (tertiary/aromatic N) is 3. The van der Waals surface area contributed by atoms with E-state index in [-0.39, 0.29) is 18.0 Å². The normalized spacial score (nSPS) is 28.1. The van der Waals surface area contributed by atoms with E-state index in [0.29, 0.717) is 0 Å². The zero-order chi connectivity index (χ0) is 17.6. The zero-order valence-electron chi connectivity index (χ0n) is 15.2. The quantitative estimate of drug-likeness (QED) is 0.794. The van der Waals surface area contributed by atoms with Gasteiger partial charge in [-0.05, 0) is 50.7 Å². The molecule has 0 aromatic heterocycles. The van der Waals surface area contributed by atoms with Gasteiger partial charge in [0.1, 0.15) is 5.54 Å². The number of hydrogen-bond donors (Lipinski definition) is 0. The van der Waals surface area contributed by atoms with Crippen molar-refractivity contribution >= 4 is 11.9 Å². The summed E-state index contributed by atoms with van der Waals surface area (Å²) in [6.07, 6.45) is 3.51. The fourth-order valence-corrected chi connectivity index (χ4v) is 4.65. The van der Waals surface area contributed by atoms with Gasteiger partial charge in [0.2, 0.25) is 0 Å². The first kappa shape index (κ1) is 16.6. The van der Waals surface area contributed by atoms with Crippen LogP contribution >= 0.6 is 0 Å². The molecule has 3 saturated heterocycles. The van der Waals surface area contributed by atoms with Crippen molar-refractivity contribution in [3.8, 4) is 0 Å². The maximum atomic E-state index is 12.9. The molecule has 3 fully saturated rings. The number of rotatable bonds is 3. The highest BCUT2D eigenvalue weighted by Crippen LogP contribution is 2.39. The van der Waals surface area contributed by atoms with E-state index in [1.807, 2.05) is 6.92 Å². The molecular weight excluding hydrogens is 314 g/mol. The third-order valence-electron chi connectivity index (χ3n) is 6.34. The molecule has 0 bridgehead atoms. The predicted molar refractivity (Wildman–Crippen MR) is 96.1 cm³/mol. The molecule has 0 spiro atoms. The highest BCUT2D eigenvalue weighted by molar-refractivity contribution is 6.07. The summed E-state index contributed by atoms with van der Waals surface area (Å²) in [5, 5.41) is 0. The van der Waals surface area contributed by atoms with Crippen LogP contribution in [0.4, 0.5) is 4.79 Å². The van der Waals surface area contributed by atoms with E-state index in [9.17, 15) is 9.59 Å². The van der Waals surface area contributed by atoms with Gasteiger partial charge in [0, 0.05) is 32.2 Å². The summed E-state index contributed by atoms with van der Waals surface area (Å²) in [5.74, 6) is 0.0346. The van der Waals surface area contributed by atoms with E-state index < -0.39 is 5.54 Å². The lowest BCUT2D eigenvalue weighted by Crippen LogP contribution is -2.48. The lowest BCUT2D eigenvalue weighted by Gasteiger charge is -2.36. The minimum absolute atomic E-state index is 0.0346. The second-order valence-electron chi connectivity index (χ2n) is 7.92. The number of benzene rings is 1. The van der Waals surface area contributed by atoms with Gasteiger partial charge < -0.3 is 4.90 Å². The van der Waals surface area contributed by atoms with Gasteiger partial charge in [0.25, 0.3) is 5.91 Å². The number of fused-ring (bicyclic) bond motifs is 1. The van der Waals surface area contributed by atoms with Crippen molar-refractivity contribution in [2.24, 2.45) is 0 Å². The topological polar surface area (TPSA) is 43.9 Å². The molecule has 0 radical (unpaired) electrons. The first-order valence-electron chi connectivity index (χ1n) is 9.43. The van der Waals surface area contributed by atoms with Gasteiger partial charge in [-0.2, -0.15) is 0 Å². The van der Waals surface area contributed by atoms with Gasteiger partial charge in [0.05, 0.1) is 0 Å². The van der Waals surface area contributed by atoms with Crippen molar-refractivity contribution in [3.63, 3.8) is 0 Å². The number of carbonyl (C=O) groups is 2. The molecule has 1 aromatic carbocycles. The minimum atomic E-state index is -0.574. The van der Waals surface area contributed by atoms with Crippen LogP contribution < -0.4 is 0 Å². The van der Waals surface area contributed by atoms with Crippen LogP contribution in [-0.2, 0) is 11.3 Å². The molecule has 0 N–H and O–H groups in total. The average molecular weight is 341 g/mol. The van der Waals surface area contributed by atoms with E-state index in [2.05, 4.69) is 36.1 Å². The standard InChI is InChI=1S/C20H27N3O2/c1-15-6-3-4-7-16(15)14-21-12-8-17(9-13-21)23-18(24)20(2)10-5-11-22(20)19(23)25/h3-4,6-7,17H,5,8-14H2,1-2H3/t20-/m1/s1. The van der Waals surface area contributed by atoms with E-state index in [1.165, 1.54) is 11.1 Å². The Bertz CT molecular complexity index is 696. The number of imide groups is 1. The Balaban J connectivity index is 1.40. The summed E-state index contributed by atoms with van der Waals surface area (Å²) in [4.78, 5) is 31.4. The molecule has 1 atom stereocenters. The summed E-state index contributed by atoms with van der Waals surface area (Å²) in [6.45, 7) is 7.64. The van der Waals surface area contributed by atoms with Crippen LogP contribution in [0.3, 0.4) is 0 Å². The predicted octanol–water partition coefficient (Wildman–Crippen LogP) is 2.78. The lowest BCUT2D eigenvalue weighted by molar-refractivity contribution is -0.134. The third kappa shape index (κ3) is 2.65. The molecule has 0 saturated carbocycles. The molecule has 5 heteroatoms. The first-order chi connectivity index (χ1) is 12.0. The van der Waals surface area contributed by atoms with Gasteiger partial charge >= 0.3 is 6.03 Å². The number of piperidine rings is 1. The molecule has 3 aliphatic heterocycles. The molecule has 3 heterocycles. The van der Waals surface area contributed by atoms with Crippen LogP contribution in [0.25, 0.3) is 0 Å². The van der Waals surface area contributed by atoms with Crippen molar-refractivity contribution in [2.75, 3.05) is 19.6 Å². The Morgan fingerprint density at radius 1 is 1.12 bits per heavy atom. The Morgan fingerprint density at radius 3 is 2.52 bits per heavy atom. The number of amides is 3. The summed E-state index contributed by atoms with van der Waals surface area (Å²) >= 11 is 0. The van der Waals surface area contributed by atoms with Crippen molar-refractivity contribution in [3.05, 3.63) is 35.4 Å². The second-order valence-corrected chi connectivity index (χ2v) is 7.92. The maximum Gasteiger partial charge on any atom is 0.327 e. The van der Waals surface area contributed by atoms with Gasteiger partial charge in [-0.1, -0.05) is 24.3 Å². The molecule has 4 rings (SSSR count). The smallest absolute Gasteiger partial charge is 0.310 e. The lowest BCUT2D eigenvalue weighted by atomic mass is 9.97. The molecule has 3 aliphatic rings. The molecular formula is C20H27N3O2. The van der Waals surface area contributed by atoms with Crippen molar-refractivity contribution < 1.29 is 9.59 Å². The molecule has 0 unspecified atom stereocenters. The second kappa shape index (κ2) is 6.13. The van der Waals surface area contributed by atoms with Crippen molar-refractivity contribution in [1.29, 1.82) is 0 Å². The molecule has 0 aliphatic carbocycles.